The first kappa shape index (κ1) is 28.3. The van der Waals surface area contributed by atoms with Gasteiger partial charge in [0.2, 0.25) is 0 Å². The molecule has 0 aliphatic carbocycles. The predicted octanol–water partition coefficient (Wildman–Crippen LogP) is 14.4. The maximum absolute atomic E-state index is 2.38. The highest BCUT2D eigenvalue weighted by Crippen LogP contribution is 2.43. The van der Waals surface area contributed by atoms with E-state index in [1.165, 1.54) is 73.4 Å². The van der Waals surface area contributed by atoms with E-state index in [1.807, 2.05) is 22.7 Å². The fraction of sp³-hybridized carbons (Fsp3) is 0. The number of nitrogens with zero attached hydrogens (tertiary/aromatic N) is 1. The van der Waals surface area contributed by atoms with Gasteiger partial charge in [0, 0.05) is 57.4 Å². The zero-order valence-corrected chi connectivity index (χ0v) is 28.1. The van der Waals surface area contributed by atoms with Crippen LogP contribution in [0.1, 0.15) is 0 Å². The molecule has 0 fully saturated rings. The van der Waals surface area contributed by atoms with Crippen molar-refractivity contribution in [1.29, 1.82) is 0 Å². The van der Waals surface area contributed by atoms with Crippen LogP contribution in [0.4, 0.5) is 17.1 Å². The minimum atomic E-state index is 1.13. The Morgan fingerprint density at radius 1 is 0.327 bits per heavy atom. The fourth-order valence-electron chi connectivity index (χ4n) is 7.24. The first-order valence-electron chi connectivity index (χ1n) is 16.6. The van der Waals surface area contributed by atoms with Gasteiger partial charge in [0.15, 0.2) is 0 Å². The number of benzene rings is 8. The van der Waals surface area contributed by atoms with Crippen molar-refractivity contribution in [3.05, 3.63) is 176 Å². The van der Waals surface area contributed by atoms with E-state index in [4.69, 9.17) is 0 Å². The number of hydrogen-bond donors (Lipinski definition) is 0. The molecule has 2 aromatic heterocycles. The van der Waals surface area contributed by atoms with Gasteiger partial charge in [0.1, 0.15) is 0 Å². The Kier molecular flexibility index (Phi) is 6.61. The molecule has 0 saturated heterocycles. The minimum Gasteiger partial charge on any atom is -0.310 e. The first-order chi connectivity index (χ1) is 24.3. The second kappa shape index (κ2) is 11.5. The van der Waals surface area contributed by atoms with Crippen LogP contribution >= 0.6 is 22.7 Å². The topological polar surface area (TPSA) is 3.24 Å². The second-order valence-corrected chi connectivity index (χ2v) is 14.7. The van der Waals surface area contributed by atoms with Gasteiger partial charge in [-0.1, -0.05) is 115 Å². The SMILES string of the molecule is c1ccc(-c2ccc(N(c3ccc(-c4cccc5c4sc4ccccc45)cc3)c3ccc4cc5sc6ccccc6c5cc4c3)cc2)cc1. The van der Waals surface area contributed by atoms with Crippen LogP contribution in [-0.4, -0.2) is 0 Å². The van der Waals surface area contributed by atoms with Gasteiger partial charge in [0.05, 0.1) is 0 Å². The summed E-state index contributed by atoms with van der Waals surface area (Å²) in [6, 6.07) is 64.4. The molecule has 230 valence electrons. The van der Waals surface area contributed by atoms with Crippen molar-refractivity contribution in [1.82, 2.24) is 0 Å². The number of fused-ring (bicyclic) bond motifs is 7. The van der Waals surface area contributed by atoms with Crippen molar-refractivity contribution in [3.8, 4) is 22.3 Å². The van der Waals surface area contributed by atoms with Gasteiger partial charge in [-0.2, -0.15) is 0 Å². The lowest BCUT2D eigenvalue weighted by Gasteiger charge is -2.26. The summed E-state index contributed by atoms with van der Waals surface area (Å²) in [7, 11) is 0. The minimum absolute atomic E-state index is 1.13. The molecule has 0 aliphatic heterocycles. The average molecular weight is 660 g/mol. The largest absolute Gasteiger partial charge is 0.310 e. The molecule has 1 nitrogen and oxygen atoms in total. The van der Waals surface area contributed by atoms with Crippen LogP contribution in [0.5, 0.6) is 0 Å². The lowest BCUT2D eigenvalue weighted by atomic mass is 10.0. The van der Waals surface area contributed by atoms with E-state index >= 15 is 0 Å². The lowest BCUT2D eigenvalue weighted by molar-refractivity contribution is 1.29. The van der Waals surface area contributed by atoms with E-state index in [0.717, 1.165) is 17.1 Å². The van der Waals surface area contributed by atoms with Crippen molar-refractivity contribution < 1.29 is 0 Å². The van der Waals surface area contributed by atoms with Crippen molar-refractivity contribution in [2.45, 2.75) is 0 Å². The second-order valence-electron chi connectivity index (χ2n) is 12.6. The summed E-state index contributed by atoms with van der Waals surface area (Å²) in [5, 5.41) is 7.80. The van der Waals surface area contributed by atoms with Gasteiger partial charge < -0.3 is 4.90 Å². The third-order valence-corrected chi connectivity index (χ3v) is 12.0. The van der Waals surface area contributed by atoms with Crippen LogP contribution < -0.4 is 4.90 Å². The molecule has 10 aromatic rings. The van der Waals surface area contributed by atoms with E-state index in [0.29, 0.717) is 0 Å². The molecule has 0 saturated carbocycles. The number of anilines is 3. The third-order valence-electron chi connectivity index (χ3n) is 9.65. The van der Waals surface area contributed by atoms with E-state index < -0.39 is 0 Å². The van der Waals surface area contributed by atoms with Crippen LogP contribution in [0.15, 0.2) is 176 Å². The summed E-state index contributed by atoms with van der Waals surface area (Å²) in [5.74, 6) is 0. The fourth-order valence-corrected chi connectivity index (χ4v) is 9.61. The van der Waals surface area contributed by atoms with Crippen LogP contribution in [0.25, 0.3) is 73.4 Å². The Morgan fingerprint density at radius 3 is 1.67 bits per heavy atom. The molecule has 0 aliphatic rings. The highest BCUT2D eigenvalue weighted by atomic mass is 32.1. The van der Waals surface area contributed by atoms with Crippen LogP contribution in [-0.2, 0) is 0 Å². The third kappa shape index (κ3) is 4.82. The summed E-state index contributed by atoms with van der Waals surface area (Å²) in [5.41, 5.74) is 8.33. The highest BCUT2D eigenvalue weighted by Gasteiger charge is 2.16. The quantitative estimate of drug-likeness (QED) is 0.178. The van der Waals surface area contributed by atoms with E-state index in [2.05, 4.69) is 181 Å². The van der Waals surface area contributed by atoms with Gasteiger partial charge in [-0.3, -0.25) is 0 Å². The van der Waals surface area contributed by atoms with Crippen LogP contribution in [0.2, 0.25) is 0 Å². The molecule has 49 heavy (non-hydrogen) atoms. The van der Waals surface area contributed by atoms with E-state index in [1.54, 1.807) is 0 Å². The normalized spacial score (nSPS) is 11.7. The maximum atomic E-state index is 2.38. The average Bonchev–Trinajstić information content (AvgIpc) is 3.73. The van der Waals surface area contributed by atoms with Gasteiger partial charge in [-0.25, -0.2) is 0 Å². The Labute approximate surface area is 292 Å². The Hall–Kier alpha value is -5.74. The van der Waals surface area contributed by atoms with Crippen molar-refractivity contribution in [3.63, 3.8) is 0 Å². The number of rotatable bonds is 5. The molecule has 0 N–H and O–H groups in total. The monoisotopic (exact) mass is 659 g/mol. The van der Waals surface area contributed by atoms with Crippen LogP contribution in [0, 0.1) is 0 Å². The molecular formula is C46H29NS2. The number of hydrogen-bond acceptors (Lipinski definition) is 3. The molecule has 3 heteroatoms. The summed E-state index contributed by atoms with van der Waals surface area (Å²) in [6.07, 6.45) is 0. The summed E-state index contributed by atoms with van der Waals surface area (Å²) < 4.78 is 5.33. The summed E-state index contributed by atoms with van der Waals surface area (Å²) in [6.45, 7) is 0. The molecular weight excluding hydrogens is 631 g/mol. The van der Waals surface area contributed by atoms with Crippen molar-refractivity contribution in [2.75, 3.05) is 4.90 Å². The van der Waals surface area contributed by atoms with Gasteiger partial charge in [-0.15, -0.1) is 22.7 Å². The van der Waals surface area contributed by atoms with E-state index in [-0.39, 0.29) is 0 Å². The summed E-state index contributed by atoms with van der Waals surface area (Å²) in [4.78, 5) is 2.38. The molecule has 0 atom stereocenters. The first-order valence-corrected chi connectivity index (χ1v) is 18.2. The zero-order chi connectivity index (χ0) is 32.3. The molecule has 0 bridgehead atoms. The standard InChI is InChI=1S/C46H29NS2/c1-2-9-30(10-3-1)31-17-22-35(23-18-31)47(37-26-21-33-29-45-42(28-34(33)27-37)40-12-5-6-15-43(40)48-45)36-24-19-32(20-25-36)38-13-8-14-41-39-11-4-7-16-44(39)49-46(38)41/h1-29H. The molecule has 0 radical (unpaired) electrons. The van der Waals surface area contributed by atoms with Gasteiger partial charge in [0.25, 0.3) is 0 Å². The van der Waals surface area contributed by atoms with Crippen molar-refractivity contribution in [2.24, 2.45) is 0 Å². The Bertz CT molecular complexity index is 2810. The molecule has 10 rings (SSSR count). The highest BCUT2D eigenvalue weighted by molar-refractivity contribution is 7.26. The molecule has 2 heterocycles. The van der Waals surface area contributed by atoms with E-state index in [9.17, 15) is 0 Å². The Balaban J connectivity index is 1.10. The lowest BCUT2D eigenvalue weighted by Crippen LogP contribution is -2.09. The zero-order valence-electron chi connectivity index (χ0n) is 26.5. The Morgan fingerprint density at radius 2 is 0.918 bits per heavy atom. The van der Waals surface area contributed by atoms with Crippen LogP contribution in [0.3, 0.4) is 0 Å². The van der Waals surface area contributed by atoms with Crippen molar-refractivity contribution >= 4 is 90.9 Å². The summed E-state index contributed by atoms with van der Waals surface area (Å²) >= 11 is 3.75. The smallest absolute Gasteiger partial charge is 0.0468 e. The molecule has 0 spiro atoms. The molecule has 8 aromatic carbocycles. The molecule has 0 amide bonds. The molecule has 0 unspecified atom stereocenters. The van der Waals surface area contributed by atoms with Gasteiger partial charge >= 0.3 is 0 Å². The predicted molar refractivity (Wildman–Crippen MR) is 215 cm³/mol. The van der Waals surface area contributed by atoms with Gasteiger partial charge in [-0.05, 0) is 93.7 Å². The number of thiophene rings is 2. The maximum Gasteiger partial charge on any atom is 0.0468 e.